The van der Waals surface area contributed by atoms with Crippen LogP contribution in [-0.4, -0.2) is 27.3 Å². The van der Waals surface area contributed by atoms with Gasteiger partial charge < -0.3 is 15.8 Å². The van der Waals surface area contributed by atoms with E-state index in [1.54, 1.807) is 19.4 Å². The minimum Gasteiger partial charge on any atom is -0.481 e. The molecule has 0 saturated heterocycles. The number of ether oxygens (including phenoxy) is 1. The number of nitrogens with one attached hydrogen (secondary N) is 1. The van der Waals surface area contributed by atoms with Crippen LogP contribution in [0.3, 0.4) is 0 Å². The number of thiocarbonyl (C=S) groups is 1. The average molecular weight is 303 g/mol. The molecule has 0 atom stereocenters. The van der Waals surface area contributed by atoms with Gasteiger partial charge in [0.1, 0.15) is 4.99 Å². The summed E-state index contributed by atoms with van der Waals surface area (Å²) in [5.74, 6) is 1.16. The van der Waals surface area contributed by atoms with E-state index >= 15 is 0 Å². The molecule has 7 heteroatoms. The van der Waals surface area contributed by atoms with Gasteiger partial charge in [-0.05, 0) is 25.0 Å². The zero-order valence-electron chi connectivity index (χ0n) is 12.2. The maximum absolute atomic E-state index is 5.79. The molecule has 0 aromatic carbocycles. The first kappa shape index (κ1) is 15.1. The number of rotatable bonds is 5. The molecule has 0 saturated carbocycles. The molecule has 3 N–H and O–H groups in total. The van der Waals surface area contributed by atoms with Crippen LogP contribution in [0.4, 0.5) is 5.82 Å². The fraction of sp³-hybridized carbons (Fsp3) is 0.286. The van der Waals surface area contributed by atoms with E-state index in [-0.39, 0.29) is 0 Å². The highest BCUT2D eigenvalue weighted by Crippen LogP contribution is 2.19. The van der Waals surface area contributed by atoms with Crippen molar-refractivity contribution in [2.45, 2.75) is 20.4 Å². The molecule has 0 aliphatic carbocycles. The van der Waals surface area contributed by atoms with E-state index in [2.05, 4.69) is 20.5 Å². The molecular formula is C14H17N5OS. The Morgan fingerprint density at radius 1 is 1.33 bits per heavy atom. The second-order valence-electron chi connectivity index (χ2n) is 4.56. The third-order valence-electron chi connectivity index (χ3n) is 3.17. The SMILES string of the molecule is COc1ccc(CNc2nnc(C)c(C)c2C(N)=S)cn1. The van der Waals surface area contributed by atoms with E-state index in [0.29, 0.717) is 23.2 Å². The van der Waals surface area contributed by atoms with Crippen LogP contribution < -0.4 is 15.8 Å². The van der Waals surface area contributed by atoms with E-state index in [1.807, 2.05) is 19.9 Å². The second kappa shape index (κ2) is 6.45. The minimum absolute atomic E-state index is 0.306. The van der Waals surface area contributed by atoms with Gasteiger partial charge >= 0.3 is 0 Å². The molecule has 2 aromatic heterocycles. The molecule has 0 spiro atoms. The number of hydrogen-bond acceptors (Lipinski definition) is 6. The Bertz CT molecular complexity index is 657. The first-order chi connectivity index (χ1) is 10.0. The van der Waals surface area contributed by atoms with Gasteiger partial charge in [0.05, 0.1) is 18.4 Å². The molecule has 2 aromatic rings. The van der Waals surface area contributed by atoms with Gasteiger partial charge in [-0.1, -0.05) is 18.3 Å². The van der Waals surface area contributed by atoms with Crippen LogP contribution >= 0.6 is 12.2 Å². The quantitative estimate of drug-likeness (QED) is 0.814. The van der Waals surface area contributed by atoms with Crippen molar-refractivity contribution < 1.29 is 4.74 Å². The predicted molar refractivity (Wildman–Crippen MR) is 85.5 cm³/mol. The Morgan fingerprint density at radius 2 is 2.10 bits per heavy atom. The van der Waals surface area contributed by atoms with Crippen molar-refractivity contribution >= 4 is 23.0 Å². The maximum Gasteiger partial charge on any atom is 0.212 e. The Hall–Kier alpha value is -2.28. The Labute approximate surface area is 128 Å². The largest absolute Gasteiger partial charge is 0.481 e. The summed E-state index contributed by atoms with van der Waals surface area (Å²) in [6, 6.07) is 3.73. The van der Waals surface area contributed by atoms with Gasteiger partial charge in [-0.15, -0.1) is 5.10 Å². The highest BCUT2D eigenvalue weighted by Gasteiger charge is 2.13. The lowest BCUT2D eigenvalue weighted by Gasteiger charge is -2.13. The predicted octanol–water partition coefficient (Wildman–Crippen LogP) is 1.74. The number of aromatic nitrogens is 3. The highest BCUT2D eigenvalue weighted by atomic mass is 32.1. The van der Waals surface area contributed by atoms with Crippen LogP contribution in [0.15, 0.2) is 18.3 Å². The van der Waals surface area contributed by atoms with Crippen LogP contribution in [0, 0.1) is 13.8 Å². The Kier molecular flexibility index (Phi) is 4.64. The van der Waals surface area contributed by atoms with Gasteiger partial charge in [0.25, 0.3) is 0 Å². The third-order valence-corrected chi connectivity index (χ3v) is 3.37. The molecular weight excluding hydrogens is 286 g/mol. The Morgan fingerprint density at radius 3 is 2.67 bits per heavy atom. The Balaban J connectivity index is 2.19. The molecule has 0 radical (unpaired) electrons. The highest BCUT2D eigenvalue weighted by molar-refractivity contribution is 7.80. The molecule has 110 valence electrons. The lowest BCUT2D eigenvalue weighted by atomic mass is 10.1. The lowest BCUT2D eigenvalue weighted by molar-refractivity contribution is 0.397. The van der Waals surface area contributed by atoms with Crippen molar-refractivity contribution in [3.63, 3.8) is 0 Å². The molecule has 2 heterocycles. The first-order valence-corrected chi connectivity index (χ1v) is 6.80. The summed E-state index contributed by atoms with van der Waals surface area (Å²) in [5.41, 5.74) is 9.26. The molecule has 0 aliphatic rings. The summed E-state index contributed by atoms with van der Waals surface area (Å²) in [6.45, 7) is 4.35. The molecule has 0 amide bonds. The van der Waals surface area contributed by atoms with Gasteiger partial charge in [0, 0.05) is 18.8 Å². The summed E-state index contributed by atoms with van der Waals surface area (Å²) >= 11 is 5.10. The monoisotopic (exact) mass is 303 g/mol. The van der Waals surface area contributed by atoms with Gasteiger partial charge in [-0.2, -0.15) is 5.10 Å². The zero-order chi connectivity index (χ0) is 15.4. The molecule has 0 bridgehead atoms. The van der Waals surface area contributed by atoms with Crippen LogP contribution in [0.5, 0.6) is 5.88 Å². The molecule has 0 unspecified atom stereocenters. The van der Waals surface area contributed by atoms with Gasteiger partial charge in [0.2, 0.25) is 5.88 Å². The topological polar surface area (TPSA) is 86.0 Å². The van der Waals surface area contributed by atoms with E-state index in [4.69, 9.17) is 22.7 Å². The molecule has 6 nitrogen and oxygen atoms in total. The zero-order valence-corrected chi connectivity index (χ0v) is 13.0. The number of anilines is 1. The molecule has 0 aliphatic heterocycles. The van der Waals surface area contributed by atoms with Crippen molar-refractivity contribution in [2.75, 3.05) is 12.4 Å². The fourth-order valence-corrected chi connectivity index (χ4v) is 2.11. The van der Waals surface area contributed by atoms with Gasteiger partial charge in [-0.3, -0.25) is 0 Å². The normalized spacial score (nSPS) is 10.2. The number of pyridine rings is 1. The van der Waals surface area contributed by atoms with Gasteiger partial charge in [-0.25, -0.2) is 4.98 Å². The van der Waals surface area contributed by atoms with Crippen molar-refractivity contribution in [2.24, 2.45) is 5.73 Å². The summed E-state index contributed by atoms with van der Waals surface area (Å²) in [5, 5.41) is 11.4. The van der Waals surface area contributed by atoms with Crippen molar-refractivity contribution in [1.82, 2.24) is 15.2 Å². The van der Waals surface area contributed by atoms with E-state index in [0.717, 1.165) is 22.4 Å². The van der Waals surface area contributed by atoms with E-state index in [1.165, 1.54) is 0 Å². The second-order valence-corrected chi connectivity index (χ2v) is 5.00. The smallest absolute Gasteiger partial charge is 0.212 e. The molecule has 21 heavy (non-hydrogen) atoms. The van der Waals surface area contributed by atoms with Gasteiger partial charge in [0.15, 0.2) is 5.82 Å². The van der Waals surface area contributed by atoms with Crippen LogP contribution in [0.2, 0.25) is 0 Å². The van der Waals surface area contributed by atoms with Crippen LogP contribution in [-0.2, 0) is 6.54 Å². The van der Waals surface area contributed by atoms with Crippen LogP contribution in [0.1, 0.15) is 22.4 Å². The molecule has 2 rings (SSSR count). The minimum atomic E-state index is 0.306. The van der Waals surface area contributed by atoms with E-state index in [9.17, 15) is 0 Å². The molecule has 0 fully saturated rings. The number of nitrogens with zero attached hydrogens (tertiary/aromatic N) is 3. The summed E-state index contributed by atoms with van der Waals surface area (Å²) in [4.78, 5) is 4.46. The van der Waals surface area contributed by atoms with Crippen molar-refractivity contribution in [1.29, 1.82) is 0 Å². The van der Waals surface area contributed by atoms with Crippen molar-refractivity contribution in [3.05, 3.63) is 40.7 Å². The lowest BCUT2D eigenvalue weighted by Crippen LogP contribution is -2.18. The number of aryl methyl sites for hydroxylation is 1. The van der Waals surface area contributed by atoms with Crippen LogP contribution in [0.25, 0.3) is 0 Å². The number of hydrogen-bond donors (Lipinski definition) is 2. The number of methoxy groups -OCH3 is 1. The summed E-state index contributed by atoms with van der Waals surface area (Å²) in [6.07, 6.45) is 1.74. The summed E-state index contributed by atoms with van der Waals surface area (Å²) < 4.78 is 5.02. The van der Waals surface area contributed by atoms with Crippen molar-refractivity contribution in [3.8, 4) is 5.88 Å². The summed E-state index contributed by atoms with van der Waals surface area (Å²) in [7, 11) is 1.58. The van der Waals surface area contributed by atoms with E-state index < -0.39 is 0 Å². The fourth-order valence-electron chi connectivity index (χ4n) is 1.86. The maximum atomic E-state index is 5.79. The third kappa shape index (κ3) is 3.43. The standard InChI is InChI=1S/C14H17N5OS/c1-8-9(2)18-19-14(12(8)13(15)21)17-7-10-4-5-11(20-3)16-6-10/h4-6H,7H2,1-3H3,(H2,15,21)(H,17,19). The number of nitrogens with two attached hydrogens (primary N) is 1. The first-order valence-electron chi connectivity index (χ1n) is 6.39. The average Bonchev–Trinajstić information content (AvgIpc) is 2.48.